The molecule has 0 saturated heterocycles. The molecule has 0 spiro atoms. The van der Waals surface area contributed by atoms with E-state index in [0.29, 0.717) is 34.2 Å². The zero-order chi connectivity index (χ0) is 17.4. The zero-order valence-electron chi connectivity index (χ0n) is 13.8. The summed E-state index contributed by atoms with van der Waals surface area (Å²) in [7, 11) is 0. The summed E-state index contributed by atoms with van der Waals surface area (Å²) >= 11 is 7.33. The minimum atomic E-state index is -0.332. The van der Waals surface area contributed by atoms with E-state index in [1.807, 2.05) is 0 Å². The van der Waals surface area contributed by atoms with E-state index in [9.17, 15) is 9.59 Å². The van der Waals surface area contributed by atoms with Crippen LogP contribution >= 0.6 is 35.3 Å². The molecular formula is C17H21Cl2N3O2S. The molecule has 8 heteroatoms. The van der Waals surface area contributed by atoms with Crippen LogP contribution in [0.5, 0.6) is 0 Å². The molecule has 2 aromatic rings. The lowest BCUT2D eigenvalue weighted by molar-refractivity contribution is 0.0955. The second-order valence-corrected chi connectivity index (χ2v) is 6.43. The highest BCUT2D eigenvalue weighted by atomic mass is 35.5. The molecule has 0 fully saturated rings. The Morgan fingerprint density at radius 1 is 1.04 bits per heavy atom. The molecule has 0 radical (unpaired) electrons. The number of thiophene rings is 1. The highest BCUT2D eigenvalue weighted by Crippen LogP contribution is 2.25. The predicted octanol–water partition coefficient (Wildman–Crippen LogP) is 3.81. The topological polar surface area (TPSA) is 70.2 Å². The van der Waals surface area contributed by atoms with E-state index >= 15 is 0 Å². The molecule has 0 aliphatic carbocycles. The summed E-state index contributed by atoms with van der Waals surface area (Å²) in [6.45, 7) is 4.26. The molecule has 0 aliphatic rings. The first-order valence-corrected chi connectivity index (χ1v) is 9.01. The molecule has 0 aliphatic heterocycles. The molecule has 3 N–H and O–H groups in total. The summed E-state index contributed by atoms with van der Waals surface area (Å²) in [4.78, 5) is 24.5. The van der Waals surface area contributed by atoms with Gasteiger partial charge in [0.2, 0.25) is 0 Å². The third kappa shape index (κ3) is 6.32. The normalized spacial score (nSPS) is 10.0. The van der Waals surface area contributed by atoms with Crippen molar-refractivity contribution in [3.63, 3.8) is 0 Å². The van der Waals surface area contributed by atoms with Gasteiger partial charge in [0.15, 0.2) is 0 Å². The fourth-order valence-corrected chi connectivity index (χ4v) is 3.06. The average molecular weight is 402 g/mol. The van der Waals surface area contributed by atoms with Crippen LogP contribution in [-0.4, -0.2) is 31.4 Å². The van der Waals surface area contributed by atoms with Crippen molar-refractivity contribution in [2.24, 2.45) is 0 Å². The maximum absolute atomic E-state index is 12.3. The van der Waals surface area contributed by atoms with Gasteiger partial charge in [0.1, 0.15) is 5.00 Å². The third-order valence-corrected chi connectivity index (χ3v) is 4.43. The number of anilines is 1. The second kappa shape index (κ2) is 11.1. The van der Waals surface area contributed by atoms with Gasteiger partial charge in [-0.1, -0.05) is 30.7 Å². The molecule has 5 nitrogen and oxygen atoms in total. The van der Waals surface area contributed by atoms with Gasteiger partial charge in [-0.2, -0.15) is 0 Å². The molecule has 1 heterocycles. The molecule has 0 atom stereocenters. The van der Waals surface area contributed by atoms with Crippen molar-refractivity contribution in [3.05, 3.63) is 51.9 Å². The summed E-state index contributed by atoms with van der Waals surface area (Å²) < 4.78 is 0. The molecule has 136 valence electrons. The van der Waals surface area contributed by atoms with Crippen molar-refractivity contribution >= 4 is 52.2 Å². The lowest BCUT2D eigenvalue weighted by Gasteiger charge is -2.09. The monoisotopic (exact) mass is 401 g/mol. The Morgan fingerprint density at radius 2 is 1.80 bits per heavy atom. The molecule has 0 bridgehead atoms. The largest absolute Gasteiger partial charge is 0.351 e. The van der Waals surface area contributed by atoms with Gasteiger partial charge in [-0.05, 0) is 36.5 Å². The average Bonchev–Trinajstić information content (AvgIpc) is 3.03. The summed E-state index contributed by atoms with van der Waals surface area (Å²) in [5.74, 6) is -0.536. The highest BCUT2D eigenvalue weighted by Gasteiger charge is 2.16. The molecule has 0 saturated carbocycles. The van der Waals surface area contributed by atoms with E-state index in [-0.39, 0.29) is 24.2 Å². The number of nitrogens with one attached hydrogen (secondary N) is 3. The molecule has 1 aromatic carbocycles. The van der Waals surface area contributed by atoms with Crippen molar-refractivity contribution < 1.29 is 9.59 Å². The number of carbonyl (C=O) groups is 2. The molecule has 1 aromatic heterocycles. The summed E-state index contributed by atoms with van der Waals surface area (Å²) in [6.07, 6.45) is 1.05. The number of hydrogen-bond donors (Lipinski definition) is 3. The maximum atomic E-state index is 12.3. The summed E-state index contributed by atoms with van der Waals surface area (Å²) in [5.41, 5.74) is 0.832. The van der Waals surface area contributed by atoms with Crippen LogP contribution in [0, 0.1) is 0 Å². The number of rotatable bonds is 8. The fraction of sp³-hybridized carbons (Fsp3) is 0.294. The van der Waals surface area contributed by atoms with Gasteiger partial charge in [0.05, 0.1) is 16.1 Å². The number of halogens is 2. The Labute approximate surface area is 162 Å². The van der Waals surface area contributed by atoms with Crippen LogP contribution in [0.4, 0.5) is 5.00 Å². The van der Waals surface area contributed by atoms with Crippen LogP contribution in [0.2, 0.25) is 5.02 Å². The van der Waals surface area contributed by atoms with Crippen LogP contribution in [0.3, 0.4) is 0 Å². The minimum absolute atomic E-state index is 0. The Hall–Kier alpha value is -1.60. The van der Waals surface area contributed by atoms with Crippen LogP contribution in [-0.2, 0) is 0 Å². The zero-order valence-corrected chi connectivity index (χ0v) is 16.2. The standard InChI is InChI=1S/C17H20ClN3O2S.ClH/c1-2-8-19-9-10-20-15(22)13-7-11-24-17(13)21-16(23)12-5-3-4-6-14(12)18;/h3-7,11,19H,2,8-10H2,1H3,(H,20,22)(H,21,23);1H. The molecule has 2 rings (SSSR count). The van der Waals surface area contributed by atoms with Crippen LogP contribution in [0.25, 0.3) is 0 Å². The molecule has 0 unspecified atom stereocenters. The first-order chi connectivity index (χ1) is 11.6. The Bertz CT molecular complexity index is 707. The highest BCUT2D eigenvalue weighted by molar-refractivity contribution is 7.14. The number of carbonyl (C=O) groups excluding carboxylic acids is 2. The lowest BCUT2D eigenvalue weighted by atomic mass is 10.2. The van der Waals surface area contributed by atoms with E-state index in [1.165, 1.54) is 11.3 Å². The van der Waals surface area contributed by atoms with Gasteiger partial charge in [-0.25, -0.2) is 0 Å². The maximum Gasteiger partial charge on any atom is 0.257 e. The van der Waals surface area contributed by atoms with Gasteiger partial charge in [-0.15, -0.1) is 23.7 Å². The van der Waals surface area contributed by atoms with Crippen LogP contribution in [0.1, 0.15) is 34.1 Å². The lowest BCUT2D eigenvalue weighted by Crippen LogP contribution is -2.32. The molecule has 2 amide bonds. The number of benzene rings is 1. The van der Waals surface area contributed by atoms with E-state index in [1.54, 1.807) is 35.7 Å². The van der Waals surface area contributed by atoms with Crippen molar-refractivity contribution in [3.8, 4) is 0 Å². The van der Waals surface area contributed by atoms with Gasteiger partial charge in [0, 0.05) is 13.1 Å². The van der Waals surface area contributed by atoms with Crippen molar-refractivity contribution in [1.29, 1.82) is 0 Å². The summed E-state index contributed by atoms with van der Waals surface area (Å²) in [5, 5.41) is 11.5. The first-order valence-electron chi connectivity index (χ1n) is 7.75. The van der Waals surface area contributed by atoms with E-state index in [4.69, 9.17) is 11.6 Å². The predicted molar refractivity (Wildman–Crippen MR) is 106 cm³/mol. The molecular weight excluding hydrogens is 381 g/mol. The third-order valence-electron chi connectivity index (χ3n) is 3.27. The Balaban J connectivity index is 0.00000312. The Kier molecular flexibility index (Phi) is 9.52. The first kappa shape index (κ1) is 21.4. The van der Waals surface area contributed by atoms with Gasteiger partial charge in [-0.3, -0.25) is 9.59 Å². The van der Waals surface area contributed by atoms with Gasteiger partial charge < -0.3 is 16.0 Å². The van der Waals surface area contributed by atoms with Gasteiger partial charge >= 0.3 is 0 Å². The SMILES string of the molecule is CCCNCCNC(=O)c1ccsc1NC(=O)c1ccccc1Cl.Cl. The minimum Gasteiger partial charge on any atom is -0.351 e. The van der Waals surface area contributed by atoms with E-state index in [2.05, 4.69) is 22.9 Å². The molecule has 25 heavy (non-hydrogen) atoms. The van der Waals surface area contributed by atoms with Crippen molar-refractivity contribution in [2.75, 3.05) is 25.0 Å². The quantitative estimate of drug-likeness (QED) is 0.589. The number of hydrogen-bond acceptors (Lipinski definition) is 4. The smallest absolute Gasteiger partial charge is 0.257 e. The Morgan fingerprint density at radius 3 is 2.52 bits per heavy atom. The van der Waals surface area contributed by atoms with Crippen molar-refractivity contribution in [1.82, 2.24) is 10.6 Å². The van der Waals surface area contributed by atoms with Crippen molar-refractivity contribution in [2.45, 2.75) is 13.3 Å². The second-order valence-electron chi connectivity index (χ2n) is 5.10. The summed E-state index contributed by atoms with van der Waals surface area (Å²) in [6, 6.07) is 8.50. The number of amides is 2. The van der Waals surface area contributed by atoms with Crippen LogP contribution < -0.4 is 16.0 Å². The fourth-order valence-electron chi connectivity index (χ4n) is 2.06. The van der Waals surface area contributed by atoms with E-state index < -0.39 is 0 Å². The van der Waals surface area contributed by atoms with E-state index in [0.717, 1.165) is 13.0 Å². The van der Waals surface area contributed by atoms with Crippen LogP contribution in [0.15, 0.2) is 35.7 Å². The van der Waals surface area contributed by atoms with Gasteiger partial charge in [0.25, 0.3) is 11.8 Å².